The van der Waals surface area contributed by atoms with Crippen molar-refractivity contribution in [3.63, 3.8) is 0 Å². The first-order chi connectivity index (χ1) is 29.9. The minimum absolute atomic E-state index is 0.135. The van der Waals surface area contributed by atoms with Gasteiger partial charge in [-0.2, -0.15) is 0 Å². The predicted molar refractivity (Wildman–Crippen MR) is 228 cm³/mol. The van der Waals surface area contributed by atoms with Crippen molar-refractivity contribution in [2.75, 3.05) is 19.8 Å². The normalized spacial score (nSPS) is 52.5. The molecule has 370 valence electrons. The molecule has 64 heavy (non-hydrogen) atoms. The monoisotopic (exact) mass is 917 g/mol. The summed E-state index contributed by atoms with van der Waals surface area (Å²) < 4.78 is 37.2. The van der Waals surface area contributed by atoms with Crippen LogP contribution in [0.2, 0.25) is 0 Å². The van der Waals surface area contributed by atoms with Crippen molar-refractivity contribution < 1.29 is 84.6 Å². The van der Waals surface area contributed by atoms with E-state index in [1.165, 1.54) is 0 Å². The summed E-state index contributed by atoms with van der Waals surface area (Å²) in [5.74, 6) is -0.121. The molecule has 4 saturated carbocycles. The molecular weight excluding hydrogens is 836 g/mol. The number of aliphatic hydroxyl groups is 11. The number of fused-ring (bicyclic) bond motifs is 5. The van der Waals surface area contributed by atoms with E-state index in [4.69, 9.17) is 28.4 Å². The fraction of sp³-hybridized carbons (Fsp3) is 0.957. The van der Waals surface area contributed by atoms with Crippen LogP contribution in [0.1, 0.15) is 113 Å². The maximum Gasteiger partial charge on any atom is 0.187 e. The minimum Gasteiger partial charge on any atom is -0.394 e. The lowest BCUT2D eigenvalue weighted by atomic mass is 9.35. The number of hydrogen-bond acceptors (Lipinski definition) is 17. The highest BCUT2D eigenvalue weighted by atomic mass is 16.8. The Morgan fingerprint density at radius 2 is 1.27 bits per heavy atom. The molecule has 3 saturated heterocycles. The van der Waals surface area contributed by atoms with Crippen LogP contribution in [0.25, 0.3) is 0 Å². The number of hydrogen-bond donors (Lipinski definition) is 11. The van der Waals surface area contributed by atoms with Crippen LogP contribution < -0.4 is 0 Å². The van der Waals surface area contributed by atoms with E-state index < -0.39 is 116 Å². The first-order valence-corrected chi connectivity index (χ1v) is 23.8. The molecule has 11 N–H and O–H groups in total. The van der Waals surface area contributed by atoms with Gasteiger partial charge in [-0.1, -0.05) is 46.3 Å². The molecule has 0 unspecified atom stereocenters. The molecule has 17 nitrogen and oxygen atoms in total. The Morgan fingerprint density at radius 3 is 1.91 bits per heavy atom. The van der Waals surface area contributed by atoms with Gasteiger partial charge in [0.2, 0.25) is 0 Å². The first kappa shape index (κ1) is 50.9. The van der Waals surface area contributed by atoms with Crippen LogP contribution in [-0.4, -0.2) is 180 Å². The quantitative estimate of drug-likeness (QED) is 0.0946. The van der Waals surface area contributed by atoms with Crippen LogP contribution in [0.4, 0.5) is 0 Å². The topological polar surface area (TPSA) is 278 Å². The van der Waals surface area contributed by atoms with Crippen LogP contribution >= 0.6 is 0 Å². The highest BCUT2D eigenvalue weighted by Gasteiger charge is 2.72. The fourth-order valence-electron chi connectivity index (χ4n) is 14.6. The molecule has 7 rings (SSSR count). The van der Waals surface area contributed by atoms with Gasteiger partial charge in [-0.05, 0) is 124 Å². The molecule has 0 spiro atoms. The van der Waals surface area contributed by atoms with Crippen LogP contribution in [0.3, 0.4) is 0 Å². The van der Waals surface area contributed by atoms with E-state index in [-0.39, 0.29) is 52.6 Å². The zero-order valence-corrected chi connectivity index (χ0v) is 39.0. The molecule has 0 aromatic heterocycles. The van der Waals surface area contributed by atoms with Crippen molar-refractivity contribution in [1.29, 1.82) is 0 Å². The van der Waals surface area contributed by atoms with Crippen LogP contribution in [0, 0.1) is 45.3 Å². The van der Waals surface area contributed by atoms with Crippen LogP contribution in [0.5, 0.6) is 0 Å². The third-order valence-corrected chi connectivity index (χ3v) is 18.4. The zero-order chi connectivity index (χ0) is 47.1. The Labute approximate surface area is 377 Å². The van der Waals surface area contributed by atoms with E-state index in [9.17, 15) is 56.2 Å². The molecule has 4 aliphatic carbocycles. The Balaban J connectivity index is 1.16. The Hall–Kier alpha value is -0.940. The highest BCUT2D eigenvalue weighted by molar-refractivity contribution is 5.20. The molecule has 0 amide bonds. The van der Waals surface area contributed by atoms with Gasteiger partial charge >= 0.3 is 0 Å². The number of allylic oxidation sites excluding steroid dienone is 2. The van der Waals surface area contributed by atoms with Gasteiger partial charge in [0.25, 0.3) is 0 Å². The Kier molecular flexibility index (Phi) is 14.9. The van der Waals surface area contributed by atoms with Crippen molar-refractivity contribution in [3.05, 3.63) is 11.6 Å². The van der Waals surface area contributed by atoms with Gasteiger partial charge in [0.1, 0.15) is 67.1 Å². The summed E-state index contributed by atoms with van der Waals surface area (Å²) in [6.45, 7) is 16.0. The summed E-state index contributed by atoms with van der Waals surface area (Å²) in [5.41, 5.74) is -1.05. The van der Waals surface area contributed by atoms with Crippen molar-refractivity contribution >= 4 is 0 Å². The smallest absolute Gasteiger partial charge is 0.187 e. The first-order valence-electron chi connectivity index (χ1n) is 23.8. The molecule has 17 heteroatoms. The van der Waals surface area contributed by atoms with E-state index in [0.717, 1.165) is 31.3 Å². The second-order valence-corrected chi connectivity index (χ2v) is 22.4. The highest BCUT2D eigenvalue weighted by Crippen LogP contribution is 2.76. The minimum atomic E-state index is -1.69. The van der Waals surface area contributed by atoms with Gasteiger partial charge in [0.05, 0.1) is 37.6 Å². The van der Waals surface area contributed by atoms with Crippen molar-refractivity contribution in [2.24, 2.45) is 45.3 Å². The molecule has 3 aliphatic heterocycles. The fourth-order valence-corrected chi connectivity index (χ4v) is 14.6. The molecule has 0 bridgehead atoms. The van der Waals surface area contributed by atoms with Gasteiger partial charge in [-0.25, -0.2) is 0 Å². The standard InChI is InChI=1S/C47H80O17/c1-22(2)10-9-14-47(8,64-42-39(36(56)34(54)27(20-49)61-42)63-40-37(57)32(52)25(51)21-59-40)23-11-16-46(7)31(23)24(50)18-29-44(5)15-13-30(43(3,4)28(44)12-17-45(29,46)6)62-41-38(58)35(55)33(53)26(19-48)60-41/h10,23-42,48-58H,9,11-21H2,1-8H3/t23-,24+,25-,26+,27-,28+,29+,30-,31-,32-,33+,34-,35-,36+,37+,38+,39-,40+,41+,42+,44-,45+,46+,47-/m0/s1. The van der Waals surface area contributed by atoms with Crippen molar-refractivity contribution in [2.45, 2.75) is 217 Å². The molecule has 7 aliphatic rings. The van der Waals surface area contributed by atoms with E-state index in [0.29, 0.717) is 32.1 Å². The summed E-state index contributed by atoms with van der Waals surface area (Å²) in [5, 5.41) is 118. The van der Waals surface area contributed by atoms with Crippen molar-refractivity contribution in [3.8, 4) is 0 Å². The largest absolute Gasteiger partial charge is 0.394 e. The molecule has 24 atom stereocenters. The lowest BCUT2D eigenvalue weighted by molar-refractivity contribution is -0.374. The van der Waals surface area contributed by atoms with Crippen molar-refractivity contribution in [1.82, 2.24) is 0 Å². The lowest BCUT2D eigenvalue weighted by Gasteiger charge is -2.71. The summed E-state index contributed by atoms with van der Waals surface area (Å²) >= 11 is 0. The third-order valence-electron chi connectivity index (χ3n) is 18.4. The molecule has 0 aromatic carbocycles. The summed E-state index contributed by atoms with van der Waals surface area (Å²) in [6.07, 6.45) is -12.8. The summed E-state index contributed by atoms with van der Waals surface area (Å²) in [7, 11) is 0. The lowest BCUT2D eigenvalue weighted by Crippen LogP contribution is -2.67. The number of rotatable bonds is 12. The average molecular weight is 917 g/mol. The van der Waals surface area contributed by atoms with Gasteiger partial charge in [-0.3, -0.25) is 0 Å². The second-order valence-electron chi connectivity index (χ2n) is 22.4. The molecular formula is C47H80O17. The van der Waals surface area contributed by atoms with Gasteiger partial charge in [0, 0.05) is 0 Å². The van der Waals surface area contributed by atoms with Gasteiger partial charge in [0.15, 0.2) is 18.9 Å². The third kappa shape index (κ3) is 8.49. The number of aliphatic hydroxyl groups excluding tert-OH is 11. The maximum absolute atomic E-state index is 12.7. The predicted octanol–water partition coefficient (Wildman–Crippen LogP) is 0.612. The summed E-state index contributed by atoms with van der Waals surface area (Å²) in [4.78, 5) is 0. The van der Waals surface area contributed by atoms with Gasteiger partial charge in [-0.15, -0.1) is 0 Å². The Morgan fingerprint density at radius 1 is 0.656 bits per heavy atom. The van der Waals surface area contributed by atoms with Gasteiger partial charge < -0.3 is 84.6 Å². The summed E-state index contributed by atoms with van der Waals surface area (Å²) in [6, 6.07) is 0. The van der Waals surface area contributed by atoms with E-state index >= 15 is 0 Å². The maximum atomic E-state index is 12.7. The SMILES string of the molecule is CC(C)=CCC[C@](C)(O[C@H]1O[C@@H](CO)[C@H](O)[C@@H](O)[C@@H]1O[C@H]1OC[C@H](O)[C@H](O)[C@H]1O)[C@H]1CC[C@]2(C)[C@@H]1[C@H](O)C[C@@H]1[C@@]3(C)CC[C@H](O[C@H]4O[C@H](CO)[C@@H](O)[C@H](O)[C@H]4O)C(C)(C)[C@H]3CC[C@]12C. The van der Waals surface area contributed by atoms with E-state index in [1.54, 1.807) is 0 Å². The Bertz CT molecular complexity index is 1630. The molecule has 0 aromatic rings. The number of ether oxygens (including phenoxy) is 6. The second kappa shape index (κ2) is 18.8. The molecule has 3 heterocycles. The zero-order valence-electron chi connectivity index (χ0n) is 39.0. The van der Waals surface area contributed by atoms with E-state index in [2.05, 4.69) is 40.7 Å². The van der Waals surface area contributed by atoms with Crippen LogP contribution in [-0.2, 0) is 28.4 Å². The molecule has 0 radical (unpaired) electrons. The van der Waals surface area contributed by atoms with E-state index in [1.807, 2.05) is 20.8 Å². The molecule has 7 fully saturated rings. The van der Waals surface area contributed by atoms with Crippen LogP contribution in [0.15, 0.2) is 11.6 Å². The average Bonchev–Trinajstić information content (AvgIpc) is 3.62.